The van der Waals surface area contributed by atoms with E-state index in [4.69, 9.17) is 6.57 Å². The van der Waals surface area contributed by atoms with Crippen LogP contribution in [0.15, 0.2) is 54.9 Å². The molecule has 150 valence electrons. The van der Waals surface area contributed by atoms with Gasteiger partial charge in [0.15, 0.2) is 5.69 Å². The topological polar surface area (TPSA) is 56.6 Å². The number of aromatic nitrogens is 2. The maximum atomic E-state index is 13.1. The van der Waals surface area contributed by atoms with Gasteiger partial charge in [-0.2, -0.15) is 5.10 Å². The molecule has 0 bridgehead atoms. The van der Waals surface area contributed by atoms with Crippen LogP contribution in [0.5, 0.6) is 0 Å². The van der Waals surface area contributed by atoms with Crippen molar-refractivity contribution in [3.63, 3.8) is 0 Å². The zero-order valence-corrected chi connectivity index (χ0v) is 16.7. The molecule has 1 N–H and O–H groups in total. The number of carbonyl (C=O) groups is 1. The highest BCUT2D eigenvalue weighted by Crippen LogP contribution is 2.31. The van der Waals surface area contributed by atoms with Crippen LogP contribution < -0.4 is 4.90 Å². The molecule has 0 saturated carbocycles. The fraction of sp³-hybridized carbons (Fsp3) is 0.292. The average Bonchev–Trinajstić information content (AvgIpc) is 3.48. The molecule has 6 nitrogen and oxygen atoms in total. The minimum absolute atomic E-state index is 0.0844. The van der Waals surface area contributed by atoms with Crippen LogP contribution >= 0.6 is 0 Å². The second-order valence-electron chi connectivity index (χ2n) is 8.05. The molecule has 5 rings (SSSR count). The molecule has 2 aliphatic heterocycles. The summed E-state index contributed by atoms with van der Waals surface area (Å²) in [5, 5.41) is 6.85. The summed E-state index contributed by atoms with van der Waals surface area (Å²) in [5.74, 6) is 0.339. The maximum absolute atomic E-state index is 13.1. The quantitative estimate of drug-likeness (QED) is 0.667. The fourth-order valence-corrected chi connectivity index (χ4v) is 4.52. The third-order valence-corrected chi connectivity index (χ3v) is 6.26. The molecule has 1 fully saturated rings. The lowest BCUT2D eigenvalue weighted by molar-refractivity contribution is -0.136. The van der Waals surface area contributed by atoms with Gasteiger partial charge >= 0.3 is 0 Å². The number of anilines is 1. The summed E-state index contributed by atoms with van der Waals surface area (Å²) in [5.41, 5.74) is 6.37. The number of piperidine rings is 1. The van der Waals surface area contributed by atoms with Crippen LogP contribution in [0.4, 0.5) is 11.4 Å². The van der Waals surface area contributed by atoms with Crippen molar-refractivity contribution in [1.29, 1.82) is 0 Å². The van der Waals surface area contributed by atoms with E-state index in [1.54, 1.807) is 0 Å². The van der Waals surface area contributed by atoms with Crippen molar-refractivity contribution in [2.24, 2.45) is 5.92 Å². The lowest BCUT2D eigenvalue weighted by Gasteiger charge is -2.34. The number of nitrogens with one attached hydrogen (secondary N) is 1. The van der Waals surface area contributed by atoms with E-state index in [0.717, 1.165) is 42.6 Å². The minimum Gasteiger partial charge on any atom is -0.371 e. The van der Waals surface area contributed by atoms with E-state index in [1.165, 1.54) is 11.3 Å². The van der Waals surface area contributed by atoms with E-state index in [-0.39, 0.29) is 11.8 Å². The molecular weight excluding hydrogens is 374 g/mol. The molecule has 3 aromatic rings. The SMILES string of the molecule is [C-]#[N+]c1ccc2c(c1)CN(C(=O)C1CCN(c3ccc(-c4cn[nH]c4)cc3)CC1)C2. The van der Waals surface area contributed by atoms with Crippen molar-refractivity contribution >= 4 is 17.3 Å². The van der Waals surface area contributed by atoms with Gasteiger partial charge < -0.3 is 9.80 Å². The van der Waals surface area contributed by atoms with Crippen molar-refractivity contribution in [3.05, 3.63) is 77.4 Å². The number of hydrogen-bond acceptors (Lipinski definition) is 3. The summed E-state index contributed by atoms with van der Waals surface area (Å²) < 4.78 is 0. The van der Waals surface area contributed by atoms with Gasteiger partial charge in [0, 0.05) is 49.5 Å². The first-order chi connectivity index (χ1) is 14.7. The monoisotopic (exact) mass is 397 g/mol. The highest BCUT2D eigenvalue weighted by Gasteiger charge is 2.31. The van der Waals surface area contributed by atoms with Crippen molar-refractivity contribution in [1.82, 2.24) is 15.1 Å². The first kappa shape index (κ1) is 18.4. The molecular formula is C24H23N5O. The molecule has 6 heteroatoms. The summed E-state index contributed by atoms with van der Waals surface area (Å²) in [7, 11) is 0. The Bertz CT molecular complexity index is 1090. The van der Waals surface area contributed by atoms with Crippen LogP contribution in [0.25, 0.3) is 16.0 Å². The van der Waals surface area contributed by atoms with Crippen LogP contribution in [0.3, 0.4) is 0 Å². The minimum atomic E-state index is 0.0844. The molecule has 0 radical (unpaired) electrons. The van der Waals surface area contributed by atoms with E-state index in [0.29, 0.717) is 18.8 Å². The van der Waals surface area contributed by atoms with Gasteiger partial charge in [-0.3, -0.25) is 9.89 Å². The first-order valence-electron chi connectivity index (χ1n) is 10.3. The van der Waals surface area contributed by atoms with Crippen molar-refractivity contribution in [3.8, 4) is 11.1 Å². The Morgan fingerprint density at radius 2 is 1.80 bits per heavy atom. The van der Waals surface area contributed by atoms with Crippen molar-refractivity contribution in [2.75, 3.05) is 18.0 Å². The standard InChI is InChI=1S/C24H23N5O/c1-25-22-5-2-19-15-29(16-20(19)12-22)24(30)18-8-10-28(11-9-18)23-6-3-17(4-7-23)21-13-26-27-14-21/h2-7,12-14,18H,8-11,15-16H2,(H,26,27). The number of hydrogen-bond donors (Lipinski definition) is 1. The summed E-state index contributed by atoms with van der Waals surface area (Å²) in [6, 6.07) is 14.3. The summed E-state index contributed by atoms with van der Waals surface area (Å²) in [4.78, 5) is 20.9. The normalized spacial score (nSPS) is 16.4. The Balaban J connectivity index is 1.19. The Hall–Kier alpha value is -3.59. The van der Waals surface area contributed by atoms with Crippen LogP contribution in [-0.2, 0) is 17.9 Å². The molecule has 30 heavy (non-hydrogen) atoms. The molecule has 0 spiro atoms. The molecule has 2 aromatic carbocycles. The lowest BCUT2D eigenvalue weighted by Crippen LogP contribution is -2.41. The Labute approximate surface area is 175 Å². The number of amides is 1. The second kappa shape index (κ2) is 7.68. The smallest absolute Gasteiger partial charge is 0.226 e. The van der Waals surface area contributed by atoms with Gasteiger partial charge in [0.25, 0.3) is 0 Å². The number of carbonyl (C=O) groups excluding carboxylic acids is 1. The molecule has 0 atom stereocenters. The third-order valence-electron chi connectivity index (χ3n) is 6.26. The predicted octanol–water partition coefficient (Wildman–Crippen LogP) is 4.39. The first-order valence-corrected chi connectivity index (χ1v) is 10.3. The lowest BCUT2D eigenvalue weighted by atomic mass is 9.94. The Morgan fingerprint density at radius 1 is 1.03 bits per heavy atom. The van der Waals surface area contributed by atoms with Gasteiger partial charge in [0.05, 0.1) is 12.8 Å². The molecule has 3 heterocycles. The van der Waals surface area contributed by atoms with Crippen LogP contribution in [0.1, 0.15) is 24.0 Å². The van der Waals surface area contributed by atoms with Crippen molar-refractivity contribution < 1.29 is 4.79 Å². The number of rotatable bonds is 3. The number of aromatic amines is 1. The molecule has 0 unspecified atom stereocenters. The summed E-state index contributed by atoms with van der Waals surface area (Å²) >= 11 is 0. The molecule has 1 aromatic heterocycles. The van der Waals surface area contributed by atoms with E-state index >= 15 is 0 Å². The van der Waals surface area contributed by atoms with E-state index < -0.39 is 0 Å². The zero-order valence-electron chi connectivity index (χ0n) is 16.7. The zero-order chi connectivity index (χ0) is 20.5. The average molecular weight is 397 g/mol. The van der Waals surface area contributed by atoms with Gasteiger partial charge in [0.2, 0.25) is 5.91 Å². The van der Waals surface area contributed by atoms with Gasteiger partial charge in [-0.1, -0.05) is 30.3 Å². The number of nitrogens with zero attached hydrogens (tertiary/aromatic N) is 4. The summed E-state index contributed by atoms with van der Waals surface area (Å²) in [6.45, 7) is 10.3. The Kier molecular flexibility index (Phi) is 4.72. The van der Waals surface area contributed by atoms with Gasteiger partial charge in [-0.25, -0.2) is 4.85 Å². The number of fused-ring (bicyclic) bond motifs is 1. The largest absolute Gasteiger partial charge is 0.371 e. The van der Waals surface area contributed by atoms with E-state index in [2.05, 4.69) is 44.2 Å². The molecule has 0 aliphatic carbocycles. The number of H-pyrrole nitrogens is 1. The van der Waals surface area contributed by atoms with E-state index in [1.807, 2.05) is 35.5 Å². The Morgan fingerprint density at radius 3 is 2.50 bits per heavy atom. The van der Waals surface area contributed by atoms with Crippen molar-refractivity contribution in [2.45, 2.75) is 25.9 Å². The third kappa shape index (κ3) is 3.43. The second-order valence-corrected chi connectivity index (χ2v) is 8.05. The molecule has 1 amide bonds. The number of benzene rings is 2. The highest BCUT2D eigenvalue weighted by molar-refractivity contribution is 5.80. The van der Waals surface area contributed by atoms with Crippen LogP contribution in [-0.4, -0.2) is 34.1 Å². The van der Waals surface area contributed by atoms with E-state index in [9.17, 15) is 4.79 Å². The molecule has 2 aliphatic rings. The molecule has 1 saturated heterocycles. The predicted molar refractivity (Wildman–Crippen MR) is 116 cm³/mol. The summed E-state index contributed by atoms with van der Waals surface area (Å²) in [6.07, 6.45) is 5.47. The fourth-order valence-electron chi connectivity index (χ4n) is 4.52. The van der Waals surface area contributed by atoms with Gasteiger partial charge in [-0.15, -0.1) is 0 Å². The van der Waals surface area contributed by atoms with Crippen LogP contribution in [0.2, 0.25) is 0 Å². The van der Waals surface area contributed by atoms with Gasteiger partial charge in [0.1, 0.15) is 0 Å². The highest BCUT2D eigenvalue weighted by atomic mass is 16.2. The van der Waals surface area contributed by atoms with Gasteiger partial charge in [-0.05, 0) is 41.7 Å². The van der Waals surface area contributed by atoms with Crippen LogP contribution in [0, 0.1) is 12.5 Å². The maximum Gasteiger partial charge on any atom is 0.226 e.